The Morgan fingerprint density at radius 2 is 1.92 bits per heavy atom. The Balaban J connectivity index is 1.75. The Morgan fingerprint density at radius 3 is 2.58 bits per heavy atom. The molecule has 0 bridgehead atoms. The quantitative estimate of drug-likeness (QED) is 0.733. The van der Waals surface area contributed by atoms with E-state index in [0.717, 1.165) is 12.1 Å². The van der Waals surface area contributed by atoms with Gasteiger partial charge < -0.3 is 10.1 Å². The molecule has 1 saturated carbocycles. The zero-order chi connectivity index (χ0) is 19.0. The number of halogens is 3. The SMILES string of the molecule is COC(=O)c1c(Br)ccc(NC(=O)C2CC2c2ccc(F)c(F)c2)c1C. The van der Waals surface area contributed by atoms with Gasteiger partial charge in [-0.15, -0.1) is 0 Å². The van der Waals surface area contributed by atoms with Gasteiger partial charge in [-0.2, -0.15) is 0 Å². The number of amides is 1. The first-order valence-electron chi connectivity index (χ1n) is 7.96. The molecule has 136 valence electrons. The van der Waals surface area contributed by atoms with E-state index in [1.807, 2.05) is 0 Å². The van der Waals surface area contributed by atoms with Crippen LogP contribution in [0.15, 0.2) is 34.8 Å². The number of ether oxygens (including phenoxy) is 1. The third-order valence-corrected chi connectivity index (χ3v) is 5.22. The van der Waals surface area contributed by atoms with Gasteiger partial charge in [0.05, 0.1) is 12.7 Å². The highest BCUT2D eigenvalue weighted by Crippen LogP contribution is 2.48. The van der Waals surface area contributed by atoms with Crippen molar-refractivity contribution in [2.24, 2.45) is 5.92 Å². The Hall–Kier alpha value is -2.28. The molecule has 3 rings (SSSR count). The summed E-state index contributed by atoms with van der Waals surface area (Å²) in [5.41, 5.74) is 2.05. The lowest BCUT2D eigenvalue weighted by Gasteiger charge is -2.13. The third-order valence-electron chi connectivity index (χ3n) is 4.56. The fourth-order valence-corrected chi connectivity index (χ4v) is 3.58. The average molecular weight is 424 g/mol. The highest BCUT2D eigenvalue weighted by Gasteiger charge is 2.44. The van der Waals surface area contributed by atoms with Crippen LogP contribution >= 0.6 is 15.9 Å². The maximum atomic E-state index is 13.4. The molecular formula is C19H16BrF2NO3. The van der Waals surface area contributed by atoms with Crippen molar-refractivity contribution in [3.8, 4) is 0 Å². The van der Waals surface area contributed by atoms with Gasteiger partial charge in [0.2, 0.25) is 5.91 Å². The second kappa shape index (κ2) is 7.15. The Morgan fingerprint density at radius 1 is 1.19 bits per heavy atom. The number of carbonyl (C=O) groups is 2. The van der Waals surface area contributed by atoms with Crippen molar-refractivity contribution < 1.29 is 23.1 Å². The van der Waals surface area contributed by atoms with Crippen LogP contribution in [-0.4, -0.2) is 19.0 Å². The summed E-state index contributed by atoms with van der Waals surface area (Å²) in [6, 6.07) is 7.05. The van der Waals surface area contributed by atoms with Crippen molar-refractivity contribution in [2.45, 2.75) is 19.3 Å². The van der Waals surface area contributed by atoms with Crippen molar-refractivity contribution in [3.63, 3.8) is 0 Å². The molecule has 7 heteroatoms. The van der Waals surface area contributed by atoms with E-state index in [0.29, 0.717) is 33.3 Å². The number of hydrogen-bond donors (Lipinski definition) is 1. The van der Waals surface area contributed by atoms with E-state index >= 15 is 0 Å². The highest BCUT2D eigenvalue weighted by atomic mass is 79.9. The van der Waals surface area contributed by atoms with E-state index in [2.05, 4.69) is 21.2 Å². The maximum Gasteiger partial charge on any atom is 0.339 e. The number of hydrogen-bond acceptors (Lipinski definition) is 3. The van der Waals surface area contributed by atoms with Gasteiger partial charge >= 0.3 is 5.97 Å². The highest BCUT2D eigenvalue weighted by molar-refractivity contribution is 9.10. The summed E-state index contributed by atoms with van der Waals surface area (Å²) in [7, 11) is 1.29. The molecule has 26 heavy (non-hydrogen) atoms. The molecule has 0 saturated heterocycles. The lowest BCUT2D eigenvalue weighted by molar-refractivity contribution is -0.117. The predicted octanol–water partition coefficient (Wildman–Crippen LogP) is 4.56. The van der Waals surface area contributed by atoms with Crippen LogP contribution in [0.1, 0.15) is 33.8 Å². The zero-order valence-corrected chi connectivity index (χ0v) is 15.7. The van der Waals surface area contributed by atoms with Gasteiger partial charge in [-0.3, -0.25) is 4.79 Å². The Labute approximate surface area is 157 Å². The van der Waals surface area contributed by atoms with Crippen LogP contribution in [0.4, 0.5) is 14.5 Å². The first-order valence-corrected chi connectivity index (χ1v) is 8.76. The van der Waals surface area contributed by atoms with Gasteiger partial charge in [-0.25, -0.2) is 13.6 Å². The fraction of sp³-hybridized carbons (Fsp3) is 0.263. The first kappa shape index (κ1) is 18.5. The van der Waals surface area contributed by atoms with Gasteiger partial charge in [0.1, 0.15) is 0 Å². The molecule has 1 fully saturated rings. The number of methoxy groups -OCH3 is 1. The molecule has 0 heterocycles. The van der Waals surface area contributed by atoms with E-state index in [1.54, 1.807) is 19.1 Å². The number of rotatable bonds is 4. The normalized spacial score (nSPS) is 18.3. The molecule has 4 nitrogen and oxygen atoms in total. The molecule has 2 unspecified atom stereocenters. The zero-order valence-electron chi connectivity index (χ0n) is 14.1. The van der Waals surface area contributed by atoms with E-state index in [-0.39, 0.29) is 17.7 Å². The topological polar surface area (TPSA) is 55.4 Å². The first-order chi connectivity index (χ1) is 12.3. The standard InChI is InChI=1S/C19H16BrF2NO3/c1-9-16(6-4-13(20)17(9)19(25)26-2)23-18(24)12-8-11(12)10-3-5-14(21)15(22)7-10/h3-7,11-12H,8H2,1-2H3,(H,23,24). The summed E-state index contributed by atoms with van der Waals surface area (Å²) in [5, 5.41) is 2.81. The Kier molecular flexibility index (Phi) is 5.09. The van der Waals surface area contributed by atoms with Crippen molar-refractivity contribution in [1.29, 1.82) is 0 Å². The predicted molar refractivity (Wildman–Crippen MR) is 96.1 cm³/mol. The largest absolute Gasteiger partial charge is 0.465 e. The van der Waals surface area contributed by atoms with E-state index in [9.17, 15) is 18.4 Å². The molecule has 1 N–H and O–H groups in total. The molecule has 0 aliphatic heterocycles. The lowest BCUT2D eigenvalue weighted by atomic mass is 10.1. The van der Waals surface area contributed by atoms with Crippen LogP contribution in [0.25, 0.3) is 0 Å². The third kappa shape index (κ3) is 3.49. The summed E-state index contributed by atoms with van der Waals surface area (Å²) >= 11 is 3.30. The van der Waals surface area contributed by atoms with Gasteiger partial charge in [0.15, 0.2) is 11.6 Å². The van der Waals surface area contributed by atoms with Gasteiger partial charge in [0.25, 0.3) is 0 Å². The maximum absolute atomic E-state index is 13.4. The molecule has 0 spiro atoms. The van der Waals surface area contributed by atoms with Crippen molar-refractivity contribution >= 4 is 33.5 Å². The number of anilines is 1. The van der Waals surface area contributed by atoms with Crippen molar-refractivity contribution in [3.05, 3.63) is 63.1 Å². The molecule has 1 amide bonds. The fourth-order valence-electron chi connectivity index (χ4n) is 2.99. The van der Waals surface area contributed by atoms with Crippen LogP contribution in [0.5, 0.6) is 0 Å². The molecule has 1 aliphatic rings. The average Bonchev–Trinajstić information content (AvgIpc) is 3.40. The lowest BCUT2D eigenvalue weighted by Crippen LogP contribution is -2.17. The second-order valence-corrected chi connectivity index (χ2v) is 7.05. The summed E-state index contributed by atoms with van der Waals surface area (Å²) in [4.78, 5) is 24.4. The Bertz CT molecular complexity index is 901. The smallest absolute Gasteiger partial charge is 0.339 e. The molecule has 2 aromatic rings. The molecular weight excluding hydrogens is 408 g/mol. The molecule has 2 atom stereocenters. The van der Waals surface area contributed by atoms with E-state index < -0.39 is 17.6 Å². The van der Waals surface area contributed by atoms with Crippen LogP contribution in [0.2, 0.25) is 0 Å². The van der Waals surface area contributed by atoms with Gasteiger partial charge in [-0.1, -0.05) is 6.07 Å². The molecule has 0 aromatic heterocycles. The summed E-state index contributed by atoms with van der Waals surface area (Å²) in [5.74, 6) is -3.00. The van der Waals surface area contributed by atoms with Crippen LogP contribution in [0.3, 0.4) is 0 Å². The molecule has 1 aliphatic carbocycles. The minimum absolute atomic E-state index is 0.138. The minimum Gasteiger partial charge on any atom is -0.465 e. The van der Waals surface area contributed by atoms with Crippen LogP contribution in [-0.2, 0) is 9.53 Å². The van der Waals surface area contributed by atoms with Crippen molar-refractivity contribution in [2.75, 3.05) is 12.4 Å². The number of nitrogens with one attached hydrogen (secondary N) is 1. The minimum atomic E-state index is -0.917. The van der Waals surface area contributed by atoms with E-state index in [4.69, 9.17) is 4.74 Å². The monoisotopic (exact) mass is 423 g/mol. The molecule has 0 radical (unpaired) electrons. The van der Waals surface area contributed by atoms with Gasteiger partial charge in [0, 0.05) is 16.1 Å². The second-order valence-electron chi connectivity index (χ2n) is 6.20. The van der Waals surface area contributed by atoms with Crippen LogP contribution < -0.4 is 5.32 Å². The molecule has 2 aromatic carbocycles. The number of esters is 1. The van der Waals surface area contributed by atoms with Gasteiger partial charge in [-0.05, 0) is 70.6 Å². The number of carbonyl (C=O) groups excluding carboxylic acids is 2. The summed E-state index contributed by atoms with van der Waals surface area (Å²) in [6.07, 6.45) is 0.566. The summed E-state index contributed by atoms with van der Waals surface area (Å²) < 4.78 is 31.7. The summed E-state index contributed by atoms with van der Waals surface area (Å²) in [6.45, 7) is 1.71. The number of benzene rings is 2. The van der Waals surface area contributed by atoms with Crippen LogP contribution in [0, 0.1) is 24.5 Å². The van der Waals surface area contributed by atoms with Crippen molar-refractivity contribution in [1.82, 2.24) is 0 Å². The van der Waals surface area contributed by atoms with E-state index in [1.165, 1.54) is 13.2 Å².